The molecule has 7 heteroatoms. The molecule has 0 bridgehead atoms. The summed E-state index contributed by atoms with van der Waals surface area (Å²) in [5.41, 5.74) is 0. The molecular formula is C59H117N3O4. The Morgan fingerprint density at radius 3 is 0.788 bits per heavy atom. The van der Waals surface area contributed by atoms with Crippen LogP contribution >= 0.6 is 0 Å². The zero-order valence-electron chi connectivity index (χ0n) is 45.5. The summed E-state index contributed by atoms with van der Waals surface area (Å²) in [6, 6.07) is 0. The van der Waals surface area contributed by atoms with Gasteiger partial charge < -0.3 is 14.4 Å². The molecule has 0 N–H and O–H groups in total. The number of carbonyl (C=O) groups is 2. The molecule has 0 saturated heterocycles. The minimum absolute atomic E-state index is 0.0443. The van der Waals surface area contributed by atoms with Gasteiger partial charge in [-0.15, -0.1) is 0 Å². The molecular weight excluding hydrogens is 815 g/mol. The molecule has 0 aliphatic heterocycles. The van der Waals surface area contributed by atoms with Crippen molar-refractivity contribution in [1.82, 2.24) is 14.7 Å². The van der Waals surface area contributed by atoms with Crippen molar-refractivity contribution in [3.05, 3.63) is 0 Å². The van der Waals surface area contributed by atoms with E-state index in [1.807, 2.05) is 0 Å². The summed E-state index contributed by atoms with van der Waals surface area (Å²) < 4.78 is 12.0. The second kappa shape index (κ2) is 48.8. The summed E-state index contributed by atoms with van der Waals surface area (Å²) in [5.74, 6) is 0.744. The summed E-state index contributed by atoms with van der Waals surface area (Å²) in [6.45, 7) is 20.8. The van der Waals surface area contributed by atoms with Crippen LogP contribution in [-0.2, 0) is 19.1 Å². The van der Waals surface area contributed by atoms with Crippen molar-refractivity contribution in [3.63, 3.8) is 0 Å². The van der Waals surface area contributed by atoms with Gasteiger partial charge in [0.1, 0.15) is 0 Å². The maximum Gasteiger partial charge on any atom is 0.320 e. The van der Waals surface area contributed by atoms with E-state index in [2.05, 4.69) is 49.3 Å². The Labute approximate surface area is 413 Å². The highest BCUT2D eigenvalue weighted by Gasteiger charge is 2.24. The molecule has 0 radical (unpaired) electrons. The first-order chi connectivity index (χ1) is 32.4. The van der Waals surface area contributed by atoms with Crippen LogP contribution in [0.2, 0.25) is 0 Å². The monoisotopic (exact) mass is 932 g/mol. The van der Waals surface area contributed by atoms with Crippen molar-refractivity contribution in [3.8, 4) is 0 Å². The first-order valence-corrected chi connectivity index (χ1v) is 29.9. The van der Waals surface area contributed by atoms with E-state index in [0.717, 1.165) is 58.4 Å². The molecule has 66 heavy (non-hydrogen) atoms. The molecule has 1 aliphatic carbocycles. The summed E-state index contributed by atoms with van der Waals surface area (Å²) in [4.78, 5) is 34.1. The highest BCUT2D eigenvalue weighted by Crippen LogP contribution is 2.29. The Bertz CT molecular complexity index is 1000. The van der Waals surface area contributed by atoms with E-state index in [4.69, 9.17) is 9.47 Å². The van der Waals surface area contributed by atoms with Crippen molar-refractivity contribution >= 4 is 11.9 Å². The first-order valence-electron chi connectivity index (χ1n) is 29.9. The molecule has 0 aromatic heterocycles. The molecule has 0 unspecified atom stereocenters. The minimum Gasteiger partial charge on any atom is -0.464 e. The fraction of sp³-hybridized carbons (Fsp3) is 0.966. The van der Waals surface area contributed by atoms with Crippen molar-refractivity contribution < 1.29 is 19.1 Å². The fourth-order valence-electron chi connectivity index (χ4n) is 10.1. The average Bonchev–Trinajstić information content (AvgIpc) is 3.32. The normalized spacial score (nSPS) is 15.4. The van der Waals surface area contributed by atoms with Crippen molar-refractivity contribution in [2.75, 3.05) is 72.1 Å². The molecule has 0 spiro atoms. The van der Waals surface area contributed by atoms with Crippen molar-refractivity contribution in [1.29, 1.82) is 0 Å². The molecule has 0 atom stereocenters. The molecule has 1 saturated carbocycles. The highest BCUT2D eigenvalue weighted by atomic mass is 16.5. The Hall–Kier alpha value is -1.18. The van der Waals surface area contributed by atoms with Crippen LogP contribution in [0.4, 0.5) is 0 Å². The van der Waals surface area contributed by atoms with Gasteiger partial charge in [-0.1, -0.05) is 227 Å². The predicted octanol–water partition coefficient (Wildman–Crippen LogP) is 16.5. The van der Waals surface area contributed by atoms with Gasteiger partial charge in [0.25, 0.3) is 0 Å². The lowest BCUT2D eigenvalue weighted by Crippen LogP contribution is -2.40. The quantitative estimate of drug-likeness (QED) is 0.0445. The van der Waals surface area contributed by atoms with Crippen molar-refractivity contribution in [2.24, 2.45) is 11.8 Å². The molecule has 1 aliphatic rings. The third-order valence-electron chi connectivity index (χ3n) is 14.8. The number of hydrogen-bond acceptors (Lipinski definition) is 7. The Balaban J connectivity index is 2.60. The number of esters is 2. The first kappa shape index (κ1) is 62.8. The Morgan fingerprint density at radius 2 is 0.515 bits per heavy atom. The van der Waals surface area contributed by atoms with Crippen LogP contribution < -0.4 is 0 Å². The van der Waals surface area contributed by atoms with E-state index in [-0.39, 0.29) is 11.9 Å². The molecule has 0 heterocycles. The van der Waals surface area contributed by atoms with Crippen LogP contribution in [0, 0.1) is 11.8 Å². The van der Waals surface area contributed by atoms with Gasteiger partial charge in [-0.3, -0.25) is 19.4 Å². The molecule has 1 rings (SSSR count). The van der Waals surface area contributed by atoms with E-state index < -0.39 is 0 Å². The molecule has 0 amide bonds. The van der Waals surface area contributed by atoms with Gasteiger partial charge in [0.05, 0.1) is 26.3 Å². The highest BCUT2D eigenvalue weighted by molar-refractivity contribution is 5.72. The third kappa shape index (κ3) is 40.7. The van der Waals surface area contributed by atoms with Crippen LogP contribution in [-0.4, -0.2) is 98.8 Å². The molecule has 0 aromatic rings. The summed E-state index contributed by atoms with van der Waals surface area (Å²) >= 11 is 0. The molecule has 0 aromatic carbocycles. The van der Waals surface area contributed by atoms with Gasteiger partial charge in [-0.2, -0.15) is 0 Å². The van der Waals surface area contributed by atoms with Gasteiger partial charge in [0.15, 0.2) is 0 Å². The third-order valence-corrected chi connectivity index (χ3v) is 14.8. The lowest BCUT2D eigenvalue weighted by Gasteiger charge is -2.29. The van der Waals surface area contributed by atoms with Gasteiger partial charge >= 0.3 is 11.9 Å². The fourth-order valence-corrected chi connectivity index (χ4v) is 10.1. The van der Waals surface area contributed by atoms with Crippen LogP contribution in [0.3, 0.4) is 0 Å². The largest absolute Gasteiger partial charge is 0.464 e. The topological polar surface area (TPSA) is 62.3 Å². The second-order valence-electron chi connectivity index (χ2n) is 21.3. The molecule has 7 nitrogen and oxygen atoms in total. The minimum atomic E-state index is -0.0450. The van der Waals surface area contributed by atoms with E-state index in [9.17, 15) is 9.59 Å². The maximum absolute atomic E-state index is 13.4. The summed E-state index contributed by atoms with van der Waals surface area (Å²) in [6.07, 6.45) is 50.4. The van der Waals surface area contributed by atoms with E-state index in [0.29, 0.717) is 38.1 Å². The van der Waals surface area contributed by atoms with Crippen molar-refractivity contribution in [2.45, 2.75) is 285 Å². The van der Waals surface area contributed by atoms with E-state index in [1.165, 1.54) is 238 Å². The Morgan fingerprint density at radius 1 is 0.303 bits per heavy atom. The van der Waals surface area contributed by atoms with Crippen LogP contribution in [0.1, 0.15) is 285 Å². The van der Waals surface area contributed by atoms with Crippen LogP contribution in [0.25, 0.3) is 0 Å². The van der Waals surface area contributed by atoms with Crippen LogP contribution in [0.15, 0.2) is 0 Å². The van der Waals surface area contributed by atoms with Gasteiger partial charge in [-0.05, 0) is 102 Å². The van der Waals surface area contributed by atoms with Gasteiger partial charge in [-0.25, -0.2) is 0 Å². The van der Waals surface area contributed by atoms with E-state index in [1.54, 1.807) is 0 Å². The lowest BCUT2D eigenvalue weighted by molar-refractivity contribution is -0.149. The summed E-state index contributed by atoms with van der Waals surface area (Å²) in [7, 11) is 0. The van der Waals surface area contributed by atoms with Gasteiger partial charge in [0.2, 0.25) is 0 Å². The molecule has 392 valence electrons. The number of rotatable bonds is 51. The lowest BCUT2D eigenvalue weighted by atomic mass is 9.83. The van der Waals surface area contributed by atoms with E-state index >= 15 is 0 Å². The second-order valence-corrected chi connectivity index (χ2v) is 21.3. The van der Waals surface area contributed by atoms with Gasteiger partial charge in [0, 0.05) is 13.1 Å². The summed E-state index contributed by atoms with van der Waals surface area (Å²) in [5, 5.41) is 0. The zero-order chi connectivity index (χ0) is 47.8. The SMILES string of the molecule is CCCCCCCCCCN(CCCCCCCC)CC(=O)OCC1CCC(COC(=O)CN(CCCCCCCCC)CCN(CCCCCCCCC)CCCCCCCCC)CC1. The number of ether oxygens (including phenoxy) is 2. The number of carbonyl (C=O) groups excluding carboxylic acids is 2. The average molecular weight is 933 g/mol. The maximum atomic E-state index is 13.4. The van der Waals surface area contributed by atoms with Crippen LogP contribution in [0.5, 0.6) is 0 Å². The Kier molecular flexibility index (Phi) is 46.5. The zero-order valence-corrected chi connectivity index (χ0v) is 45.5. The number of hydrogen-bond donors (Lipinski definition) is 0. The number of unbranched alkanes of at least 4 members (excludes halogenated alkanes) is 30. The number of nitrogens with zero attached hydrogens (tertiary/aromatic N) is 3. The predicted molar refractivity (Wildman–Crippen MR) is 287 cm³/mol. The molecule has 1 fully saturated rings. The smallest absolute Gasteiger partial charge is 0.320 e. The standard InChI is InChI=1S/C59H117N3O4/c1-6-11-16-21-26-30-35-39-48-61(47-38-31-25-20-15-10-5)52-58(63)65-54-56-41-43-57(44-42-56)55-66-59(64)53-62(49-40-34-29-24-19-14-9-4)51-50-60(45-36-32-27-22-17-12-7-2)46-37-33-28-23-18-13-8-3/h56-57H,6-55H2,1-5H3.